The van der Waals surface area contributed by atoms with Crippen LogP contribution in [-0.2, 0) is 22.6 Å². The van der Waals surface area contributed by atoms with E-state index in [-0.39, 0.29) is 6.10 Å². The topological polar surface area (TPSA) is 69.2 Å². The number of anilines is 1. The van der Waals surface area contributed by atoms with Crippen LogP contribution in [-0.4, -0.2) is 74.6 Å². The number of methoxy groups -OCH3 is 2. The molecule has 168 valence electrons. The summed E-state index contributed by atoms with van der Waals surface area (Å²) in [6.07, 6.45) is 6.39. The molecule has 1 aromatic heterocycles. The molecule has 0 saturated carbocycles. The molecule has 4 rings (SSSR count). The summed E-state index contributed by atoms with van der Waals surface area (Å²) in [6, 6.07) is 6.08. The van der Waals surface area contributed by atoms with Gasteiger partial charge in [-0.15, -0.1) is 0 Å². The summed E-state index contributed by atoms with van der Waals surface area (Å²) in [6.45, 7) is 6.40. The molecule has 0 bridgehead atoms. The van der Waals surface area contributed by atoms with Crippen LogP contribution in [0.2, 0.25) is 0 Å². The van der Waals surface area contributed by atoms with Crippen molar-refractivity contribution in [1.29, 1.82) is 0 Å². The second kappa shape index (κ2) is 10.7. The van der Waals surface area contributed by atoms with E-state index in [0.29, 0.717) is 0 Å². The Labute approximate surface area is 184 Å². The molecule has 2 aromatic rings. The molecule has 0 aliphatic carbocycles. The average Bonchev–Trinajstić information content (AvgIpc) is 3.33. The van der Waals surface area contributed by atoms with Crippen LogP contribution in [0.25, 0.3) is 0 Å². The Morgan fingerprint density at radius 3 is 2.42 bits per heavy atom. The molecule has 0 radical (unpaired) electrons. The largest absolute Gasteiger partial charge is 0.493 e. The number of hydrogen-bond acceptors (Lipinski definition) is 8. The Hall–Kier alpha value is -2.42. The molecule has 1 aromatic carbocycles. The normalized spacial score (nSPS) is 19.1. The average molecular weight is 429 g/mol. The standard InChI is InChI=1S/C23H32N4O4/c1-28-21-6-5-18(12-22(21)29-2)15-26(17-20-4-3-9-31-20)16-19-13-24-23(25-14-19)27-7-10-30-11-8-27/h5-6,12-14,20H,3-4,7-11,15-17H2,1-2H3. The van der Waals surface area contributed by atoms with Crippen molar-refractivity contribution < 1.29 is 18.9 Å². The predicted molar refractivity (Wildman–Crippen MR) is 118 cm³/mol. The van der Waals surface area contributed by atoms with E-state index in [9.17, 15) is 0 Å². The van der Waals surface area contributed by atoms with Crippen LogP contribution < -0.4 is 14.4 Å². The minimum absolute atomic E-state index is 0.272. The maximum atomic E-state index is 5.90. The molecule has 0 spiro atoms. The van der Waals surface area contributed by atoms with Crippen LogP contribution in [0.3, 0.4) is 0 Å². The van der Waals surface area contributed by atoms with E-state index < -0.39 is 0 Å². The van der Waals surface area contributed by atoms with Gasteiger partial charge in [-0.2, -0.15) is 0 Å². The minimum Gasteiger partial charge on any atom is -0.493 e. The van der Waals surface area contributed by atoms with Crippen LogP contribution in [0.4, 0.5) is 5.95 Å². The Bertz CT molecular complexity index is 821. The van der Waals surface area contributed by atoms with Crippen LogP contribution in [0, 0.1) is 0 Å². The molecule has 8 nitrogen and oxygen atoms in total. The van der Waals surface area contributed by atoms with Crippen molar-refractivity contribution in [2.24, 2.45) is 0 Å². The number of morpholine rings is 1. The smallest absolute Gasteiger partial charge is 0.225 e. The molecular formula is C23H32N4O4. The lowest BCUT2D eigenvalue weighted by atomic mass is 10.1. The van der Waals surface area contributed by atoms with Gasteiger partial charge in [0.25, 0.3) is 0 Å². The molecule has 2 aliphatic heterocycles. The van der Waals surface area contributed by atoms with Crippen molar-refractivity contribution in [3.63, 3.8) is 0 Å². The maximum absolute atomic E-state index is 5.90. The molecule has 3 heterocycles. The first-order chi connectivity index (χ1) is 15.2. The second-order valence-corrected chi connectivity index (χ2v) is 7.98. The first-order valence-corrected chi connectivity index (χ1v) is 10.9. The van der Waals surface area contributed by atoms with Gasteiger partial charge in [0.15, 0.2) is 11.5 Å². The fourth-order valence-corrected chi connectivity index (χ4v) is 4.11. The number of ether oxygens (including phenoxy) is 4. The molecule has 2 fully saturated rings. The summed E-state index contributed by atoms with van der Waals surface area (Å²) in [5, 5.41) is 0. The molecule has 0 N–H and O–H groups in total. The summed E-state index contributed by atoms with van der Waals surface area (Å²) < 4.78 is 22.2. The lowest BCUT2D eigenvalue weighted by molar-refractivity contribution is 0.0678. The molecule has 1 unspecified atom stereocenters. The monoisotopic (exact) mass is 428 g/mol. The summed E-state index contributed by atoms with van der Waals surface area (Å²) in [4.78, 5) is 13.8. The Morgan fingerprint density at radius 1 is 1.00 bits per heavy atom. The quantitative estimate of drug-likeness (QED) is 0.604. The number of nitrogens with zero attached hydrogens (tertiary/aromatic N) is 4. The van der Waals surface area contributed by atoms with Crippen molar-refractivity contribution in [1.82, 2.24) is 14.9 Å². The van der Waals surface area contributed by atoms with Gasteiger partial charge >= 0.3 is 0 Å². The molecular weight excluding hydrogens is 396 g/mol. The highest BCUT2D eigenvalue weighted by molar-refractivity contribution is 5.42. The van der Waals surface area contributed by atoms with Crippen LogP contribution in [0.5, 0.6) is 11.5 Å². The van der Waals surface area contributed by atoms with Crippen molar-refractivity contribution in [3.05, 3.63) is 41.7 Å². The van der Waals surface area contributed by atoms with E-state index in [2.05, 4.69) is 25.8 Å². The molecule has 2 aliphatic rings. The van der Waals surface area contributed by atoms with Gasteiger partial charge < -0.3 is 23.8 Å². The Balaban J connectivity index is 1.45. The van der Waals surface area contributed by atoms with Gasteiger partial charge in [0.1, 0.15) is 0 Å². The number of rotatable bonds is 9. The van der Waals surface area contributed by atoms with E-state index in [4.69, 9.17) is 18.9 Å². The van der Waals surface area contributed by atoms with Crippen molar-refractivity contribution >= 4 is 5.95 Å². The highest BCUT2D eigenvalue weighted by Crippen LogP contribution is 2.28. The van der Waals surface area contributed by atoms with Gasteiger partial charge in [0, 0.05) is 57.3 Å². The van der Waals surface area contributed by atoms with Gasteiger partial charge in [-0.25, -0.2) is 9.97 Å². The van der Waals surface area contributed by atoms with E-state index in [0.717, 1.165) is 88.4 Å². The van der Waals surface area contributed by atoms with Gasteiger partial charge in [-0.1, -0.05) is 6.07 Å². The van der Waals surface area contributed by atoms with E-state index in [1.54, 1.807) is 14.2 Å². The molecule has 31 heavy (non-hydrogen) atoms. The Morgan fingerprint density at radius 2 is 1.74 bits per heavy atom. The van der Waals surface area contributed by atoms with Gasteiger partial charge in [0.2, 0.25) is 5.95 Å². The van der Waals surface area contributed by atoms with E-state index in [1.807, 2.05) is 24.5 Å². The predicted octanol–water partition coefficient (Wildman–Crippen LogP) is 2.51. The SMILES string of the molecule is COc1ccc(CN(Cc2cnc(N3CCOCC3)nc2)CC2CCCO2)cc1OC. The Kier molecular flexibility index (Phi) is 7.56. The zero-order valence-corrected chi connectivity index (χ0v) is 18.5. The zero-order chi connectivity index (χ0) is 21.5. The fraction of sp³-hybridized carbons (Fsp3) is 0.565. The first-order valence-electron chi connectivity index (χ1n) is 10.9. The summed E-state index contributed by atoms with van der Waals surface area (Å²) in [7, 11) is 3.32. The lowest BCUT2D eigenvalue weighted by Gasteiger charge is -2.27. The highest BCUT2D eigenvalue weighted by atomic mass is 16.5. The zero-order valence-electron chi connectivity index (χ0n) is 18.5. The third-order valence-corrected chi connectivity index (χ3v) is 5.73. The molecule has 0 amide bonds. The van der Waals surface area contributed by atoms with Gasteiger partial charge in [-0.05, 0) is 30.5 Å². The third kappa shape index (κ3) is 5.84. The summed E-state index contributed by atoms with van der Waals surface area (Å²) in [5.74, 6) is 2.26. The molecule has 1 atom stereocenters. The first kappa shape index (κ1) is 21.8. The van der Waals surface area contributed by atoms with Gasteiger partial charge in [0.05, 0.1) is 33.5 Å². The van der Waals surface area contributed by atoms with E-state index >= 15 is 0 Å². The molecule has 2 saturated heterocycles. The molecule has 8 heteroatoms. The summed E-state index contributed by atoms with van der Waals surface area (Å²) >= 11 is 0. The van der Waals surface area contributed by atoms with Crippen molar-refractivity contribution in [2.75, 3.05) is 58.6 Å². The van der Waals surface area contributed by atoms with Crippen molar-refractivity contribution in [3.8, 4) is 11.5 Å². The van der Waals surface area contributed by atoms with Gasteiger partial charge in [-0.3, -0.25) is 4.90 Å². The number of benzene rings is 1. The van der Waals surface area contributed by atoms with Crippen molar-refractivity contribution in [2.45, 2.75) is 32.0 Å². The number of hydrogen-bond donors (Lipinski definition) is 0. The third-order valence-electron chi connectivity index (χ3n) is 5.73. The van der Waals surface area contributed by atoms with Crippen LogP contribution in [0.1, 0.15) is 24.0 Å². The summed E-state index contributed by atoms with van der Waals surface area (Å²) in [5.41, 5.74) is 2.26. The highest BCUT2D eigenvalue weighted by Gasteiger charge is 2.21. The fourth-order valence-electron chi connectivity index (χ4n) is 4.11. The second-order valence-electron chi connectivity index (χ2n) is 7.98. The van der Waals surface area contributed by atoms with Crippen LogP contribution >= 0.6 is 0 Å². The van der Waals surface area contributed by atoms with Crippen LogP contribution in [0.15, 0.2) is 30.6 Å². The number of aromatic nitrogens is 2. The van der Waals surface area contributed by atoms with E-state index in [1.165, 1.54) is 5.56 Å². The maximum Gasteiger partial charge on any atom is 0.225 e. The minimum atomic E-state index is 0.272. The lowest BCUT2D eigenvalue weighted by Crippen LogP contribution is -2.37.